The van der Waals surface area contributed by atoms with Crippen molar-refractivity contribution in [2.75, 3.05) is 6.61 Å². The summed E-state index contributed by atoms with van der Waals surface area (Å²) < 4.78 is 13.7. The van der Waals surface area contributed by atoms with Gasteiger partial charge in [-0.25, -0.2) is 0 Å². The molecule has 244 valence electrons. The highest BCUT2D eigenvalue weighted by Crippen LogP contribution is 2.69. The highest BCUT2D eigenvalue weighted by Gasteiger charge is 2.60. The highest BCUT2D eigenvalue weighted by atomic mass is 16.6. The number of ether oxygens (including phenoxy) is 2. The minimum absolute atomic E-state index is 0.189. The van der Waals surface area contributed by atoms with Gasteiger partial charge >= 0.3 is 0 Å². The molecular formula is C43H60O2. The maximum absolute atomic E-state index is 7.66. The molecule has 1 heterocycles. The monoisotopic (exact) mass is 608 g/mol. The van der Waals surface area contributed by atoms with Crippen LogP contribution in [0.4, 0.5) is 0 Å². The predicted molar refractivity (Wildman–Crippen MR) is 180 cm³/mol. The third-order valence-electron chi connectivity index (χ3n) is 16.9. The molecule has 0 spiro atoms. The van der Waals surface area contributed by atoms with E-state index in [2.05, 4.69) is 26.8 Å². The van der Waals surface area contributed by atoms with Crippen molar-refractivity contribution in [3.05, 3.63) is 28.3 Å². The van der Waals surface area contributed by atoms with E-state index in [-0.39, 0.29) is 6.10 Å². The lowest BCUT2D eigenvalue weighted by Gasteiger charge is -2.62. The van der Waals surface area contributed by atoms with Crippen LogP contribution < -0.4 is 4.74 Å². The Bertz CT molecular complexity index is 1290. The maximum Gasteiger partial charge on any atom is 0.129 e. The third kappa shape index (κ3) is 4.08. The average molecular weight is 609 g/mol. The van der Waals surface area contributed by atoms with Gasteiger partial charge in [-0.3, -0.25) is 0 Å². The van der Waals surface area contributed by atoms with Gasteiger partial charge < -0.3 is 9.47 Å². The molecule has 2 nitrogen and oxygen atoms in total. The van der Waals surface area contributed by atoms with Crippen molar-refractivity contribution in [3.8, 4) is 5.75 Å². The van der Waals surface area contributed by atoms with Gasteiger partial charge in [0.15, 0.2) is 0 Å². The first-order valence-electron chi connectivity index (χ1n) is 20.2. The van der Waals surface area contributed by atoms with Crippen LogP contribution in [-0.2, 0) is 21.0 Å². The maximum atomic E-state index is 7.66. The van der Waals surface area contributed by atoms with E-state index in [0.717, 1.165) is 59.9 Å². The zero-order valence-electron chi connectivity index (χ0n) is 28.8. The lowest BCUT2D eigenvalue weighted by Crippen LogP contribution is -2.53. The lowest BCUT2D eigenvalue weighted by atomic mass is 9.42. The summed E-state index contributed by atoms with van der Waals surface area (Å²) in [4.78, 5) is 0. The molecule has 0 amide bonds. The van der Waals surface area contributed by atoms with Gasteiger partial charge in [0.1, 0.15) is 18.0 Å². The summed E-state index contributed by atoms with van der Waals surface area (Å²) in [6.45, 7) is 8.38. The van der Waals surface area contributed by atoms with Crippen molar-refractivity contribution in [1.82, 2.24) is 0 Å². The Morgan fingerprint density at radius 3 is 1.29 bits per heavy atom. The highest BCUT2D eigenvalue weighted by molar-refractivity contribution is 5.60. The standard InChI is InChI=1S/C43H60O2/c1-24(2)40(37-23-44-37)45-36-13-35(41-14-26-4-27(15-41)6-28(5-26)16-41)25(3)38(42-17-29-7-30(18-42)9-31(8-29)19-42)39(36)43-20-32-10-33(21-43)12-34(11-32)22-43/h13,24,26-34,37,40H,4-12,14-23H2,1-3H3. The fourth-order valence-corrected chi connectivity index (χ4v) is 16.9. The van der Waals surface area contributed by atoms with E-state index in [1.807, 2.05) is 11.1 Å². The summed E-state index contributed by atoms with van der Waals surface area (Å²) in [6, 6.07) is 2.79. The third-order valence-corrected chi connectivity index (χ3v) is 16.9. The van der Waals surface area contributed by atoms with E-state index in [1.165, 1.54) is 121 Å². The minimum Gasteiger partial charge on any atom is -0.487 e. The van der Waals surface area contributed by atoms with Crippen LogP contribution in [0.3, 0.4) is 0 Å². The Morgan fingerprint density at radius 2 is 0.933 bits per heavy atom. The first-order chi connectivity index (χ1) is 21.8. The second-order valence-electron chi connectivity index (χ2n) is 20.6. The molecule has 0 aromatic heterocycles. The largest absolute Gasteiger partial charge is 0.487 e. The molecule has 12 aliphatic carbocycles. The number of hydrogen-bond donors (Lipinski definition) is 0. The van der Waals surface area contributed by atoms with Crippen LogP contribution in [0.15, 0.2) is 6.07 Å². The van der Waals surface area contributed by atoms with Crippen LogP contribution >= 0.6 is 0 Å². The molecule has 2 atom stereocenters. The summed E-state index contributed by atoms with van der Waals surface area (Å²) in [5, 5.41) is 0. The molecule has 13 fully saturated rings. The lowest BCUT2D eigenvalue weighted by molar-refractivity contribution is -0.0207. The van der Waals surface area contributed by atoms with Crippen molar-refractivity contribution in [3.63, 3.8) is 0 Å². The molecule has 2 unspecified atom stereocenters. The van der Waals surface area contributed by atoms with Crippen molar-refractivity contribution >= 4 is 0 Å². The van der Waals surface area contributed by atoms with Gasteiger partial charge in [0, 0.05) is 11.0 Å². The fraction of sp³-hybridized carbons (Fsp3) is 0.860. The first-order valence-corrected chi connectivity index (χ1v) is 20.2. The quantitative estimate of drug-likeness (QED) is 0.287. The summed E-state index contributed by atoms with van der Waals surface area (Å²) in [5.41, 5.74) is 8.55. The number of rotatable bonds is 7. The molecule has 2 heteroatoms. The fourth-order valence-electron chi connectivity index (χ4n) is 16.9. The van der Waals surface area contributed by atoms with Crippen LogP contribution in [0.25, 0.3) is 0 Å². The number of benzene rings is 1. The molecule has 0 radical (unpaired) electrons. The van der Waals surface area contributed by atoms with Crippen LogP contribution in [0.2, 0.25) is 0 Å². The van der Waals surface area contributed by atoms with E-state index >= 15 is 0 Å². The van der Waals surface area contributed by atoms with Crippen molar-refractivity contribution in [2.45, 2.75) is 165 Å². The normalized spacial score (nSPS) is 51.8. The smallest absolute Gasteiger partial charge is 0.129 e. The summed E-state index contributed by atoms with van der Waals surface area (Å²) in [6.07, 6.45) is 27.5. The topological polar surface area (TPSA) is 21.8 Å². The molecule has 12 bridgehead atoms. The van der Waals surface area contributed by atoms with Crippen molar-refractivity contribution in [2.24, 2.45) is 59.2 Å². The SMILES string of the molecule is Cc1c(C23CC4CC(CC(C4)C2)C3)cc(OC(C(C)C)C2CO2)c(C23CC4CC(CC(C4)C2)C3)c1C12CC3CC(CC(C3)C1)C2. The molecule has 45 heavy (non-hydrogen) atoms. The zero-order chi connectivity index (χ0) is 29.9. The summed E-state index contributed by atoms with van der Waals surface area (Å²) in [5.74, 6) is 10.7. The Kier molecular flexibility index (Phi) is 5.80. The van der Waals surface area contributed by atoms with E-state index < -0.39 is 0 Å². The molecule has 1 aliphatic heterocycles. The van der Waals surface area contributed by atoms with Crippen molar-refractivity contribution in [1.29, 1.82) is 0 Å². The van der Waals surface area contributed by atoms with E-state index in [9.17, 15) is 0 Å². The van der Waals surface area contributed by atoms with Crippen molar-refractivity contribution < 1.29 is 9.47 Å². The van der Waals surface area contributed by atoms with Gasteiger partial charge in [0.05, 0.1) is 6.61 Å². The number of epoxide rings is 1. The van der Waals surface area contributed by atoms with Crippen LogP contribution in [0.1, 0.15) is 152 Å². The Balaban J connectivity index is 1.16. The Morgan fingerprint density at radius 1 is 0.578 bits per heavy atom. The molecule has 1 aromatic carbocycles. The first kappa shape index (κ1) is 27.9. The van der Waals surface area contributed by atoms with Crippen LogP contribution in [-0.4, -0.2) is 18.8 Å². The second-order valence-corrected chi connectivity index (χ2v) is 20.6. The van der Waals surface area contributed by atoms with Gasteiger partial charge in [0.25, 0.3) is 0 Å². The van der Waals surface area contributed by atoms with Crippen LogP contribution in [0, 0.1) is 66.1 Å². The molecular weight excluding hydrogens is 548 g/mol. The van der Waals surface area contributed by atoms with Crippen LogP contribution in [0.5, 0.6) is 5.75 Å². The summed E-state index contributed by atoms with van der Waals surface area (Å²) >= 11 is 0. The summed E-state index contributed by atoms with van der Waals surface area (Å²) in [7, 11) is 0. The van der Waals surface area contributed by atoms with Gasteiger partial charge in [0.2, 0.25) is 0 Å². The van der Waals surface area contributed by atoms with Gasteiger partial charge in [-0.1, -0.05) is 13.8 Å². The number of hydrogen-bond acceptors (Lipinski definition) is 2. The minimum atomic E-state index is 0.189. The van der Waals surface area contributed by atoms with Gasteiger partial charge in [-0.05, 0) is 215 Å². The molecule has 1 aromatic rings. The zero-order valence-corrected chi connectivity index (χ0v) is 28.8. The van der Waals surface area contributed by atoms with Gasteiger partial charge in [-0.15, -0.1) is 0 Å². The second kappa shape index (κ2) is 9.36. The van der Waals surface area contributed by atoms with E-state index in [4.69, 9.17) is 9.47 Å². The van der Waals surface area contributed by atoms with Gasteiger partial charge in [-0.2, -0.15) is 0 Å². The predicted octanol–water partition coefficient (Wildman–Crippen LogP) is 10.2. The molecule has 1 saturated heterocycles. The molecule has 12 saturated carbocycles. The Labute approximate surface area is 273 Å². The molecule has 0 N–H and O–H groups in total. The molecule has 14 rings (SSSR count). The average Bonchev–Trinajstić information content (AvgIpc) is 3.79. The van der Waals surface area contributed by atoms with E-state index in [1.54, 1.807) is 11.1 Å². The molecule has 13 aliphatic rings. The van der Waals surface area contributed by atoms with E-state index in [0.29, 0.717) is 28.3 Å². The Hall–Kier alpha value is -1.02.